The molecule has 1 aliphatic heterocycles. The highest BCUT2D eigenvalue weighted by Gasteiger charge is 2.13. The maximum absolute atomic E-state index is 5.91. The van der Waals surface area contributed by atoms with Crippen LogP contribution in [-0.4, -0.2) is 56.2 Å². The maximum atomic E-state index is 5.91. The minimum atomic E-state index is 0.0769. The maximum Gasteiger partial charge on any atom is 0.122 e. The summed E-state index contributed by atoms with van der Waals surface area (Å²) in [5.41, 5.74) is 8.22. The van der Waals surface area contributed by atoms with Crippen molar-refractivity contribution in [3.8, 4) is 5.75 Å². The molecule has 4 heteroatoms. The summed E-state index contributed by atoms with van der Waals surface area (Å²) in [7, 11) is 2.18. The predicted octanol–water partition coefficient (Wildman–Crippen LogP) is 1.64. The van der Waals surface area contributed by atoms with Gasteiger partial charge in [-0.15, -0.1) is 0 Å². The summed E-state index contributed by atoms with van der Waals surface area (Å²) in [5.74, 6) is 0.975. The number of ether oxygens (including phenoxy) is 1. The molecule has 0 spiro atoms. The Morgan fingerprint density at radius 3 is 2.55 bits per heavy atom. The standard InChI is InChI=1S/C16H27N3O/c1-13-12-15(14(2)17)4-5-16(13)20-11-10-19-8-6-18(3)7-9-19/h4-5,12,14H,6-11,17H2,1-3H3/t14-/m1/s1. The van der Waals surface area contributed by atoms with E-state index in [1.807, 2.05) is 13.0 Å². The monoisotopic (exact) mass is 277 g/mol. The van der Waals surface area contributed by atoms with Crippen LogP contribution in [0.25, 0.3) is 0 Å². The van der Waals surface area contributed by atoms with Crippen molar-refractivity contribution >= 4 is 0 Å². The van der Waals surface area contributed by atoms with Gasteiger partial charge in [0.15, 0.2) is 0 Å². The summed E-state index contributed by atoms with van der Waals surface area (Å²) < 4.78 is 5.91. The van der Waals surface area contributed by atoms with Crippen molar-refractivity contribution in [3.05, 3.63) is 29.3 Å². The molecule has 20 heavy (non-hydrogen) atoms. The van der Waals surface area contributed by atoms with Crippen molar-refractivity contribution in [1.82, 2.24) is 9.80 Å². The third-order valence-corrected chi connectivity index (χ3v) is 3.99. The average Bonchev–Trinajstić information content (AvgIpc) is 2.42. The molecular formula is C16H27N3O. The Labute approximate surface area is 122 Å². The van der Waals surface area contributed by atoms with Crippen LogP contribution in [0.4, 0.5) is 0 Å². The number of hydrogen-bond donors (Lipinski definition) is 1. The third kappa shape index (κ3) is 4.20. The quantitative estimate of drug-likeness (QED) is 0.888. The molecule has 0 saturated carbocycles. The molecule has 1 aromatic carbocycles. The Balaban J connectivity index is 1.79. The first-order valence-corrected chi connectivity index (χ1v) is 7.46. The lowest BCUT2D eigenvalue weighted by molar-refractivity contribution is 0.133. The molecular weight excluding hydrogens is 250 g/mol. The molecule has 2 rings (SSSR count). The van der Waals surface area contributed by atoms with Crippen LogP contribution < -0.4 is 10.5 Å². The SMILES string of the molecule is Cc1cc([C@@H](C)N)ccc1OCCN1CCN(C)CC1. The van der Waals surface area contributed by atoms with E-state index < -0.39 is 0 Å². The van der Waals surface area contributed by atoms with Gasteiger partial charge in [0.25, 0.3) is 0 Å². The highest BCUT2D eigenvalue weighted by Crippen LogP contribution is 2.21. The number of benzene rings is 1. The molecule has 0 unspecified atom stereocenters. The van der Waals surface area contributed by atoms with E-state index >= 15 is 0 Å². The van der Waals surface area contributed by atoms with E-state index in [0.717, 1.165) is 56.2 Å². The average molecular weight is 277 g/mol. The van der Waals surface area contributed by atoms with Gasteiger partial charge in [0.05, 0.1) is 0 Å². The number of likely N-dealkylation sites (N-methyl/N-ethyl adjacent to an activating group) is 1. The van der Waals surface area contributed by atoms with Crippen LogP contribution in [0.5, 0.6) is 5.75 Å². The fourth-order valence-corrected chi connectivity index (χ4v) is 2.47. The van der Waals surface area contributed by atoms with Crippen molar-refractivity contribution in [1.29, 1.82) is 0 Å². The zero-order chi connectivity index (χ0) is 14.5. The summed E-state index contributed by atoms with van der Waals surface area (Å²) in [6, 6.07) is 6.30. The summed E-state index contributed by atoms with van der Waals surface area (Å²) in [6.45, 7) is 10.4. The number of nitrogens with zero attached hydrogens (tertiary/aromatic N) is 2. The van der Waals surface area contributed by atoms with Crippen LogP contribution >= 0.6 is 0 Å². The van der Waals surface area contributed by atoms with Crippen molar-refractivity contribution in [2.45, 2.75) is 19.9 Å². The number of piperazine rings is 1. The molecule has 0 amide bonds. The molecule has 0 aliphatic carbocycles. The molecule has 0 radical (unpaired) electrons. The van der Waals surface area contributed by atoms with Gasteiger partial charge in [-0.25, -0.2) is 0 Å². The van der Waals surface area contributed by atoms with Gasteiger partial charge in [-0.05, 0) is 38.1 Å². The van der Waals surface area contributed by atoms with Gasteiger partial charge in [-0.3, -0.25) is 4.90 Å². The van der Waals surface area contributed by atoms with Crippen LogP contribution in [0.2, 0.25) is 0 Å². The molecule has 112 valence electrons. The predicted molar refractivity (Wildman–Crippen MR) is 83.2 cm³/mol. The van der Waals surface area contributed by atoms with Crippen molar-refractivity contribution in [2.75, 3.05) is 46.4 Å². The molecule has 1 heterocycles. The summed E-state index contributed by atoms with van der Waals surface area (Å²) >= 11 is 0. The Morgan fingerprint density at radius 2 is 1.95 bits per heavy atom. The zero-order valence-electron chi connectivity index (χ0n) is 12.9. The highest BCUT2D eigenvalue weighted by molar-refractivity contribution is 5.37. The number of hydrogen-bond acceptors (Lipinski definition) is 4. The van der Waals surface area contributed by atoms with Crippen LogP contribution in [-0.2, 0) is 0 Å². The minimum Gasteiger partial charge on any atom is -0.492 e. The highest BCUT2D eigenvalue weighted by atomic mass is 16.5. The first kappa shape index (κ1) is 15.3. The fourth-order valence-electron chi connectivity index (χ4n) is 2.47. The Hall–Kier alpha value is -1.10. The molecule has 0 bridgehead atoms. The summed E-state index contributed by atoms with van der Waals surface area (Å²) in [4.78, 5) is 4.83. The Bertz CT molecular complexity index is 426. The van der Waals surface area contributed by atoms with E-state index in [9.17, 15) is 0 Å². The van der Waals surface area contributed by atoms with Crippen molar-refractivity contribution < 1.29 is 4.74 Å². The molecule has 1 fully saturated rings. The number of nitrogens with two attached hydrogens (primary N) is 1. The van der Waals surface area contributed by atoms with Gasteiger partial charge in [0.2, 0.25) is 0 Å². The van der Waals surface area contributed by atoms with E-state index in [1.54, 1.807) is 0 Å². The molecule has 1 aromatic rings. The molecule has 4 nitrogen and oxygen atoms in total. The van der Waals surface area contributed by atoms with E-state index in [4.69, 9.17) is 10.5 Å². The topological polar surface area (TPSA) is 41.7 Å². The first-order chi connectivity index (χ1) is 9.56. The smallest absolute Gasteiger partial charge is 0.122 e. The molecule has 0 aromatic heterocycles. The second-order valence-corrected chi connectivity index (χ2v) is 5.81. The fraction of sp³-hybridized carbons (Fsp3) is 0.625. The van der Waals surface area contributed by atoms with E-state index in [0.29, 0.717) is 0 Å². The zero-order valence-corrected chi connectivity index (χ0v) is 12.9. The lowest BCUT2D eigenvalue weighted by Crippen LogP contribution is -2.45. The van der Waals surface area contributed by atoms with Gasteiger partial charge in [0.1, 0.15) is 12.4 Å². The largest absolute Gasteiger partial charge is 0.492 e. The van der Waals surface area contributed by atoms with Crippen LogP contribution in [0.1, 0.15) is 24.1 Å². The second kappa shape index (κ2) is 7.07. The Morgan fingerprint density at radius 1 is 1.25 bits per heavy atom. The molecule has 1 atom stereocenters. The second-order valence-electron chi connectivity index (χ2n) is 5.81. The van der Waals surface area contributed by atoms with Gasteiger partial charge in [-0.1, -0.05) is 12.1 Å². The van der Waals surface area contributed by atoms with Crippen LogP contribution in [0.15, 0.2) is 18.2 Å². The normalized spacial score (nSPS) is 19.0. The lowest BCUT2D eigenvalue weighted by Gasteiger charge is -2.32. The van der Waals surface area contributed by atoms with Gasteiger partial charge >= 0.3 is 0 Å². The van der Waals surface area contributed by atoms with Crippen LogP contribution in [0.3, 0.4) is 0 Å². The van der Waals surface area contributed by atoms with Crippen molar-refractivity contribution in [3.63, 3.8) is 0 Å². The lowest BCUT2D eigenvalue weighted by atomic mass is 10.1. The van der Waals surface area contributed by atoms with Crippen LogP contribution in [0, 0.1) is 6.92 Å². The van der Waals surface area contributed by atoms with E-state index in [1.165, 1.54) is 0 Å². The number of rotatable bonds is 5. The summed E-state index contributed by atoms with van der Waals surface area (Å²) in [6.07, 6.45) is 0. The van der Waals surface area contributed by atoms with E-state index in [-0.39, 0.29) is 6.04 Å². The van der Waals surface area contributed by atoms with Gasteiger partial charge in [0, 0.05) is 38.8 Å². The molecule has 1 saturated heterocycles. The molecule has 2 N–H and O–H groups in total. The number of aryl methyl sites for hydroxylation is 1. The third-order valence-electron chi connectivity index (χ3n) is 3.99. The minimum absolute atomic E-state index is 0.0769. The van der Waals surface area contributed by atoms with Gasteiger partial charge in [-0.2, -0.15) is 0 Å². The van der Waals surface area contributed by atoms with Gasteiger partial charge < -0.3 is 15.4 Å². The van der Waals surface area contributed by atoms with Crippen molar-refractivity contribution in [2.24, 2.45) is 5.73 Å². The Kier molecular flexibility index (Phi) is 5.40. The first-order valence-electron chi connectivity index (χ1n) is 7.46. The summed E-state index contributed by atoms with van der Waals surface area (Å²) in [5, 5.41) is 0. The van der Waals surface area contributed by atoms with E-state index in [2.05, 4.69) is 35.9 Å². The molecule has 1 aliphatic rings.